The Morgan fingerprint density at radius 3 is 2.02 bits per heavy atom. The van der Waals surface area contributed by atoms with Crippen molar-refractivity contribution in [2.45, 2.75) is 86.9 Å². The van der Waals surface area contributed by atoms with Crippen molar-refractivity contribution in [2.24, 2.45) is 10.8 Å². The molecule has 5 heteroatoms. The minimum absolute atomic E-state index is 0. The number of aromatic nitrogens is 1. The predicted octanol–water partition coefficient (Wildman–Crippen LogP) is 11.2. The summed E-state index contributed by atoms with van der Waals surface area (Å²) in [5.41, 5.74) is 1.46. The van der Waals surface area contributed by atoms with E-state index < -0.39 is 8.07 Å². The van der Waals surface area contributed by atoms with Crippen LogP contribution in [-0.4, -0.2) is 23.9 Å². The van der Waals surface area contributed by atoms with Crippen molar-refractivity contribution in [3.05, 3.63) is 96.9 Å². The summed E-state index contributed by atoms with van der Waals surface area (Å²) in [4.78, 5) is 16.9. The van der Waals surface area contributed by atoms with E-state index in [1.54, 1.807) is 0 Å². The zero-order chi connectivity index (χ0) is 33.0. The van der Waals surface area contributed by atoms with Gasteiger partial charge in [0.2, 0.25) is 0 Å². The Morgan fingerprint density at radius 2 is 1.39 bits per heavy atom. The molecule has 1 aromatic heterocycles. The van der Waals surface area contributed by atoms with Gasteiger partial charge in [-0.15, -0.1) is 29.7 Å². The van der Waals surface area contributed by atoms with Gasteiger partial charge < -0.3 is 5.11 Å². The zero-order valence-electron chi connectivity index (χ0n) is 29.0. The SMILES string of the molecule is CCC(C)(CC)C(=O)/C=C(\O)C(C)(CC)CC.C[Si](C)(C)c1cccc2[c-]c(-c3nccc4c3ccc3ccccc34)ccc12.[Ir]. The van der Waals surface area contributed by atoms with Crippen LogP contribution in [0.25, 0.3) is 43.6 Å². The molecular weight excluding hydrogens is 759 g/mol. The van der Waals surface area contributed by atoms with Gasteiger partial charge in [0.25, 0.3) is 0 Å². The first kappa shape index (κ1) is 37.3. The molecule has 0 aliphatic rings. The molecule has 1 heterocycles. The number of rotatable bonds is 9. The molecule has 0 aliphatic carbocycles. The van der Waals surface area contributed by atoms with E-state index in [-0.39, 0.29) is 42.5 Å². The molecule has 1 N–H and O–H groups in total. The third-order valence-corrected chi connectivity index (χ3v) is 12.2. The fourth-order valence-corrected chi connectivity index (χ4v) is 7.46. The first-order valence-electron chi connectivity index (χ1n) is 16.5. The first-order chi connectivity index (χ1) is 21.3. The van der Waals surface area contributed by atoms with Crippen molar-refractivity contribution in [3.63, 3.8) is 0 Å². The van der Waals surface area contributed by atoms with Gasteiger partial charge in [0.1, 0.15) is 5.76 Å². The number of nitrogens with zero attached hydrogens (tertiary/aromatic N) is 1. The fourth-order valence-electron chi connectivity index (χ4n) is 5.83. The van der Waals surface area contributed by atoms with Crippen LogP contribution in [0, 0.1) is 16.9 Å². The Bertz CT molecular complexity index is 1850. The van der Waals surface area contributed by atoms with Crippen molar-refractivity contribution in [2.75, 3.05) is 0 Å². The normalized spacial score (nSPS) is 12.5. The molecule has 46 heavy (non-hydrogen) atoms. The van der Waals surface area contributed by atoms with Gasteiger partial charge in [-0.05, 0) is 53.3 Å². The van der Waals surface area contributed by atoms with Gasteiger partial charge >= 0.3 is 0 Å². The van der Waals surface area contributed by atoms with Crippen molar-refractivity contribution >= 4 is 51.4 Å². The Balaban J connectivity index is 0.000000280. The molecule has 0 fully saturated rings. The number of benzene rings is 4. The number of aliphatic hydroxyl groups is 1. The average Bonchev–Trinajstić information content (AvgIpc) is 3.06. The van der Waals surface area contributed by atoms with Crippen LogP contribution in [0.3, 0.4) is 0 Å². The van der Waals surface area contributed by atoms with E-state index in [0.29, 0.717) is 0 Å². The van der Waals surface area contributed by atoms with Gasteiger partial charge in [-0.2, -0.15) is 0 Å². The molecule has 5 rings (SSSR count). The van der Waals surface area contributed by atoms with Gasteiger partial charge in [0, 0.05) is 48.9 Å². The van der Waals surface area contributed by atoms with Crippen LogP contribution < -0.4 is 5.19 Å². The van der Waals surface area contributed by atoms with Crippen molar-refractivity contribution in [3.8, 4) is 11.3 Å². The molecule has 0 bridgehead atoms. The number of hydrogen-bond acceptors (Lipinski definition) is 3. The molecular formula is C41H50IrNO2Si-. The van der Waals surface area contributed by atoms with Crippen LogP contribution >= 0.6 is 0 Å². The first-order valence-corrected chi connectivity index (χ1v) is 20.0. The number of ketones is 1. The summed E-state index contributed by atoms with van der Waals surface area (Å²) in [6, 6.07) is 29.7. The van der Waals surface area contributed by atoms with E-state index in [1.807, 2.05) is 47.7 Å². The number of carbonyl (C=O) groups excluding carboxylic acids is 1. The quantitative estimate of drug-likeness (QED) is 0.0531. The maximum absolute atomic E-state index is 12.2. The molecule has 5 aromatic rings. The van der Waals surface area contributed by atoms with E-state index in [9.17, 15) is 9.90 Å². The molecule has 245 valence electrons. The molecule has 0 aliphatic heterocycles. The maximum atomic E-state index is 12.2. The monoisotopic (exact) mass is 809 g/mol. The van der Waals surface area contributed by atoms with E-state index in [0.717, 1.165) is 36.9 Å². The summed E-state index contributed by atoms with van der Waals surface area (Å²) in [6.07, 6.45) is 6.67. The van der Waals surface area contributed by atoms with E-state index in [2.05, 4.69) is 98.5 Å². The minimum atomic E-state index is -1.40. The average molecular weight is 809 g/mol. The Labute approximate surface area is 290 Å². The van der Waals surface area contributed by atoms with Crippen LogP contribution in [0.4, 0.5) is 0 Å². The second kappa shape index (κ2) is 15.2. The summed E-state index contributed by atoms with van der Waals surface area (Å²) >= 11 is 0. The summed E-state index contributed by atoms with van der Waals surface area (Å²) < 4.78 is 0. The van der Waals surface area contributed by atoms with Crippen LogP contribution in [0.2, 0.25) is 19.6 Å². The number of carbonyl (C=O) groups is 1. The third-order valence-electron chi connectivity index (χ3n) is 10.1. The van der Waals surface area contributed by atoms with Gasteiger partial charge in [0.15, 0.2) is 5.78 Å². The smallest absolute Gasteiger partial charge is 0.164 e. The van der Waals surface area contributed by atoms with Crippen LogP contribution in [-0.2, 0) is 24.9 Å². The number of hydrogen-bond donors (Lipinski definition) is 1. The van der Waals surface area contributed by atoms with E-state index in [4.69, 9.17) is 4.98 Å². The Hall–Kier alpha value is -3.11. The van der Waals surface area contributed by atoms with Gasteiger partial charge in [-0.3, -0.25) is 9.78 Å². The molecule has 0 saturated heterocycles. The van der Waals surface area contributed by atoms with Crippen molar-refractivity contribution < 1.29 is 30.0 Å². The molecule has 3 nitrogen and oxygen atoms in total. The van der Waals surface area contributed by atoms with Gasteiger partial charge in [-0.1, -0.05) is 126 Å². The van der Waals surface area contributed by atoms with Crippen LogP contribution in [0.5, 0.6) is 0 Å². The summed E-state index contributed by atoms with van der Waals surface area (Å²) in [7, 11) is -1.40. The minimum Gasteiger partial charge on any atom is -0.512 e. The largest absolute Gasteiger partial charge is 0.512 e. The van der Waals surface area contributed by atoms with Crippen molar-refractivity contribution in [1.82, 2.24) is 4.98 Å². The van der Waals surface area contributed by atoms with Crippen molar-refractivity contribution in [1.29, 1.82) is 0 Å². The topological polar surface area (TPSA) is 50.2 Å². The number of aliphatic hydroxyl groups excluding tert-OH is 1. The molecule has 0 atom stereocenters. The standard InChI is InChI=1S/C26H22NSi.C15H28O2.Ir/c1-28(2,3)25-10-6-8-19-17-20(12-13-22(19)25)26-24-14-11-18-7-4-5-9-21(18)23(24)15-16-27-26;1-7-14(5,8-2)12(16)11-13(17)15(6,9-3)10-4;/h4-16H,1-3H3;11,16H,7-10H2,1-6H3;/q-1;;/b;12-11-;. The Kier molecular flexibility index (Phi) is 12.3. The maximum Gasteiger partial charge on any atom is 0.164 e. The van der Waals surface area contributed by atoms with E-state index >= 15 is 0 Å². The number of allylic oxidation sites excluding steroid dienone is 2. The second-order valence-electron chi connectivity index (χ2n) is 13.9. The fraction of sp³-hybridized carbons (Fsp3) is 0.366. The Morgan fingerprint density at radius 1 is 0.761 bits per heavy atom. The summed E-state index contributed by atoms with van der Waals surface area (Å²) in [5.74, 6) is 0.286. The van der Waals surface area contributed by atoms with Crippen LogP contribution in [0.15, 0.2) is 90.8 Å². The molecule has 0 spiro atoms. The van der Waals surface area contributed by atoms with Crippen LogP contribution in [0.1, 0.15) is 67.2 Å². The summed E-state index contributed by atoms with van der Waals surface area (Å²) in [6.45, 7) is 19.3. The predicted molar refractivity (Wildman–Crippen MR) is 197 cm³/mol. The van der Waals surface area contributed by atoms with Gasteiger partial charge in [0.05, 0.1) is 8.07 Å². The number of fused-ring (bicyclic) bond motifs is 4. The molecule has 0 amide bonds. The number of pyridine rings is 1. The molecule has 4 aromatic carbocycles. The third kappa shape index (κ3) is 7.70. The second-order valence-corrected chi connectivity index (χ2v) is 18.9. The summed E-state index contributed by atoms with van der Waals surface area (Å²) in [5, 5.41) is 19.1. The molecule has 0 saturated carbocycles. The van der Waals surface area contributed by atoms with Gasteiger partial charge in [-0.25, -0.2) is 0 Å². The molecule has 0 unspecified atom stereocenters. The van der Waals surface area contributed by atoms with E-state index in [1.165, 1.54) is 43.6 Å². The zero-order valence-corrected chi connectivity index (χ0v) is 32.4. The molecule has 1 radical (unpaired) electrons.